The molecule has 0 aliphatic carbocycles. The van der Waals surface area contributed by atoms with Gasteiger partial charge < -0.3 is 10.5 Å². The fourth-order valence-electron chi connectivity index (χ4n) is 1.20. The molecule has 0 aliphatic rings. The van der Waals surface area contributed by atoms with Crippen molar-refractivity contribution in [2.45, 2.75) is 25.8 Å². The van der Waals surface area contributed by atoms with Crippen LogP contribution in [-0.4, -0.2) is 18.1 Å². The zero-order valence-corrected chi connectivity index (χ0v) is 9.21. The third kappa shape index (κ3) is 3.16. The number of halogens is 1. The molecule has 1 unspecified atom stereocenters. The number of pyridine rings is 1. The van der Waals surface area contributed by atoms with Gasteiger partial charge in [0, 0.05) is 11.6 Å². The van der Waals surface area contributed by atoms with Crippen molar-refractivity contribution in [1.29, 1.82) is 0 Å². The van der Waals surface area contributed by atoms with Crippen molar-refractivity contribution in [1.82, 2.24) is 4.98 Å². The van der Waals surface area contributed by atoms with E-state index in [1.54, 1.807) is 13.2 Å². The standard InChI is InChI=1S/C10H15ClN2O/c1-7(12)3-4-8-5-6-9(11)13-10(8)14-2/h5-7H,3-4,12H2,1-2H3. The first-order valence-corrected chi connectivity index (χ1v) is 4.96. The second-order valence-electron chi connectivity index (χ2n) is 3.32. The Morgan fingerprint density at radius 1 is 1.57 bits per heavy atom. The highest BCUT2D eigenvalue weighted by atomic mass is 35.5. The van der Waals surface area contributed by atoms with Crippen LogP contribution in [0.5, 0.6) is 5.88 Å². The molecule has 4 heteroatoms. The number of hydrogen-bond donors (Lipinski definition) is 1. The van der Waals surface area contributed by atoms with E-state index in [-0.39, 0.29) is 6.04 Å². The number of rotatable bonds is 4. The molecule has 3 nitrogen and oxygen atoms in total. The van der Waals surface area contributed by atoms with E-state index in [0.29, 0.717) is 11.0 Å². The van der Waals surface area contributed by atoms with E-state index in [1.165, 1.54) is 0 Å². The Morgan fingerprint density at radius 3 is 2.86 bits per heavy atom. The average Bonchev–Trinajstić information content (AvgIpc) is 2.15. The van der Waals surface area contributed by atoms with Crippen LogP contribution in [-0.2, 0) is 6.42 Å². The lowest BCUT2D eigenvalue weighted by molar-refractivity contribution is 0.391. The Bertz CT molecular complexity index is 302. The molecule has 0 aliphatic heterocycles. The van der Waals surface area contributed by atoms with E-state index >= 15 is 0 Å². The molecule has 0 bridgehead atoms. The third-order valence-electron chi connectivity index (χ3n) is 1.97. The molecule has 0 spiro atoms. The first-order valence-electron chi connectivity index (χ1n) is 4.58. The van der Waals surface area contributed by atoms with E-state index in [4.69, 9.17) is 22.1 Å². The van der Waals surface area contributed by atoms with Crippen molar-refractivity contribution in [3.05, 3.63) is 22.8 Å². The topological polar surface area (TPSA) is 48.1 Å². The first kappa shape index (κ1) is 11.3. The highest BCUT2D eigenvalue weighted by Gasteiger charge is 2.06. The number of aryl methyl sites for hydroxylation is 1. The van der Waals surface area contributed by atoms with Crippen LogP contribution < -0.4 is 10.5 Å². The Morgan fingerprint density at radius 2 is 2.29 bits per heavy atom. The monoisotopic (exact) mass is 214 g/mol. The maximum atomic E-state index is 5.74. The van der Waals surface area contributed by atoms with Crippen molar-refractivity contribution in [2.24, 2.45) is 5.73 Å². The van der Waals surface area contributed by atoms with Crippen LogP contribution in [0.15, 0.2) is 12.1 Å². The minimum atomic E-state index is 0.190. The van der Waals surface area contributed by atoms with Gasteiger partial charge >= 0.3 is 0 Å². The van der Waals surface area contributed by atoms with Crippen molar-refractivity contribution < 1.29 is 4.74 Å². The van der Waals surface area contributed by atoms with Crippen molar-refractivity contribution in [3.63, 3.8) is 0 Å². The molecular weight excluding hydrogens is 200 g/mol. The molecule has 0 amide bonds. The van der Waals surface area contributed by atoms with E-state index in [2.05, 4.69) is 4.98 Å². The molecule has 14 heavy (non-hydrogen) atoms. The molecule has 1 atom stereocenters. The summed E-state index contributed by atoms with van der Waals surface area (Å²) in [6.07, 6.45) is 1.78. The Kier molecular flexibility index (Phi) is 4.17. The number of nitrogens with zero attached hydrogens (tertiary/aromatic N) is 1. The molecule has 1 heterocycles. The van der Waals surface area contributed by atoms with Gasteiger partial charge in [0.2, 0.25) is 5.88 Å². The second kappa shape index (κ2) is 5.17. The van der Waals surface area contributed by atoms with Crippen LogP contribution >= 0.6 is 11.6 Å². The molecule has 78 valence electrons. The molecule has 0 fully saturated rings. The van der Waals surface area contributed by atoms with Gasteiger partial charge in [-0.15, -0.1) is 0 Å². The van der Waals surface area contributed by atoms with Gasteiger partial charge in [0.15, 0.2) is 0 Å². The van der Waals surface area contributed by atoms with Gasteiger partial charge in [0.1, 0.15) is 5.15 Å². The van der Waals surface area contributed by atoms with E-state index in [9.17, 15) is 0 Å². The number of nitrogens with two attached hydrogens (primary N) is 1. The zero-order chi connectivity index (χ0) is 10.6. The zero-order valence-electron chi connectivity index (χ0n) is 8.46. The SMILES string of the molecule is COc1nc(Cl)ccc1CCC(C)N. The quantitative estimate of drug-likeness (QED) is 0.781. The normalized spacial score (nSPS) is 12.6. The van der Waals surface area contributed by atoms with Crippen LogP contribution in [0.4, 0.5) is 0 Å². The van der Waals surface area contributed by atoms with Crippen LogP contribution in [0.25, 0.3) is 0 Å². The van der Waals surface area contributed by atoms with Crippen LogP contribution in [0.3, 0.4) is 0 Å². The van der Waals surface area contributed by atoms with Gasteiger partial charge in [-0.1, -0.05) is 17.7 Å². The molecule has 1 rings (SSSR count). The molecule has 0 saturated carbocycles. The summed E-state index contributed by atoms with van der Waals surface area (Å²) < 4.78 is 5.12. The van der Waals surface area contributed by atoms with Gasteiger partial charge in [-0.05, 0) is 25.8 Å². The van der Waals surface area contributed by atoms with Gasteiger partial charge in [0.25, 0.3) is 0 Å². The van der Waals surface area contributed by atoms with E-state index < -0.39 is 0 Å². The number of methoxy groups -OCH3 is 1. The van der Waals surface area contributed by atoms with Crippen molar-refractivity contribution >= 4 is 11.6 Å². The summed E-state index contributed by atoms with van der Waals surface area (Å²) in [6.45, 7) is 1.98. The van der Waals surface area contributed by atoms with E-state index in [1.807, 2.05) is 13.0 Å². The summed E-state index contributed by atoms with van der Waals surface area (Å²) in [4.78, 5) is 4.07. The summed E-state index contributed by atoms with van der Waals surface area (Å²) in [5.41, 5.74) is 6.72. The van der Waals surface area contributed by atoms with E-state index in [0.717, 1.165) is 18.4 Å². The smallest absolute Gasteiger partial charge is 0.217 e. The minimum Gasteiger partial charge on any atom is -0.481 e. The summed E-state index contributed by atoms with van der Waals surface area (Å²) in [6, 6.07) is 3.88. The van der Waals surface area contributed by atoms with Crippen LogP contribution in [0.1, 0.15) is 18.9 Å². The number of ether oxygens (including phenoxy) is 1. The lowest BCUT2D eigenvalue weighted by Gasteiger charge is -2.08. The van der Waals surface area contributed by atoms with Gasteiger partial charge in [-0.2, -0.15) is 0 Å². The molecule has 1 aromatic rings. The fraction of sp³-hybridized carbons (Fsp3) is 0.500. The Balaban J connectivity index is 2.75. The van der Waals surface area contributed by atoms with Gasteiger partial charge in [-0.3, -0.25) is 0 Å². The molecule has 0 aromatic carbocycles. The van der Waals surface area contributed by atoms with Gasteiger partial charge in [0.05, 0.1) is 7.11 Å². The minimum absolute atomic E-state index is 0.190. The number of hydrogen-bond acceptors (Lipinski definition) is 3. The lowest BCUT2D eigenvalue weighted by atomic mass is 10.1. The highest BCUT2D eigenvalue weighted by molar-refractivity contribution is 6.29. The Labute approximate surface area is 89.2 Å². The lowest BCUT2D eigenvalue weighted by Crippen LogP contribution is -2.15. The first-order chi connectivity index (χ1) is 6.63. The second-order valence-corrected chi connectivity index (χ2v) is 3.71. The average molecular weight is 215 g/mol. The molecule has 2 N–H and O–H groups in total. The van der Waals surface area contributed by atoms with Crippen molar-refractivity contribution in [3.8, 4) is 5.88 Å². The van der Waals surface area contributed by atoms with Crippen LogP contribution in [0.2, 0.25) is 5.15 Å². The molecular formula is C10H15ClN2O. The van der Waals surface area contributed by atoms with Crippen LogP contribution in [0, 0.1) is 0 Å². The summed E-state index contributed by atoms with van der Waals surface area (Å²) in [7, 11) is 1.59. The highest BCUT2D eigenvalue weighted by Crippen LogP contribution is 2.20. The summed E-state index contributed by atoms with van der Waals surface area (Å²) in [5, 5.41) is 0.450. The summed E-state index contributed by atoms with van der Waals surface area (Å²) in [5.74, 6) is 0.596. The molecule has 0 saturated heterocycles. The van der Waals surface area contributed by atoms with Gasteiger partial charge in [-0.25, -0.2) is 4.98 Å². The third-order valence-corrected chi connectivity index (χ3v) is 2.18. The maximum absolute atomic E-state index is 5.74. The molecule has 0 radical (unpaired) electrons. The Hall–Kier alpha value is -0.800. The number of aromatic nitrogens is 1. The predicted octanol–water partition coefficient (Wildman–Crippen LogP) is 2.02. The largest absolute Gasteiger partial charge is 0.481 e. The predicted molar refractivity (Wildman–Crippen MR) is 57.8 cm³/mol. The summed E-state index contributed by atoms with van der Waals surface area (Å²) >= 11 is 5.74. The maximum Gasteiger partial charge on any atom is 0.217 e. The fourth-order valence-corrected chi connectivity index (χ4v) is 1.34. The van der Waals surface area contributed by atoms with Crippen molar-refractivity contribution in [2.75, 3.05) is 7.11 Å². The molecule has 1 aromatic heterocycles.